The molecular formula is C19H24BrN3O3. The summed E-state index contributed by atoms with van der Waals surface area (Å²) in [6.45, 7) is 5.49. The lowest BCUT2D eigenvalue weighted by atomic mass is 9.92. The summed E-state index contributed by atoms with van der Waals surface area (Å²) in [5, 5.41) is 2.75. The molecule has 26 heavy (non-hydrogen) atoms. The van der Waals surface area contributed by atoms with Gasteiger partial charge in [-0.05, 0) is 57.7 Å². The van der Waals surface area contributed by atoms with Crippen molar-refractivity contribution in [3.05, 3.63) is 34.3 Å². The Labute approximate surface area is 162 Å². The highest BCUT2D eigenvalue weighted by molar-refractivity contribution is 9.10. The smallest absolute Gasteiger partial charge is 0.325 e. The number of benzene rings is 1. The van der Waals surface area contributed by atoms with Crippen molar-refractivity contribution >= 4 is 33.8 Å². The molecule has 7 heteroatoms. The molecule has 3 atom stereocenters. The van der Waals surface area contributed by atoms with E-state index in [0.717, 1.165) is 28.6 Å². The van der Waals surface area contributed by atoms with Crippen LogP contribution < -0.4 is 5.32 Å². The average molecular weight is 422 g/mol. The number of carbonyl (C=O) groups is 3. The van der Waals surface area contributed by atoms with Crippen LogP contribution in [0.3, 0.4) is 0 Å². The van der Waals surface area contributed by atoms with Crippen molar-refractivity contribution in [2.45, 2.75) is 57.7 Å². The van der Waals surface area contributed by atoms with Gasteiger partial charge in [-0.25, -0.2) is 4.79 Å². The largest absolute Gasteiger partial charge is 0.336 e. The maximum atomic E-state index is 13.0. The molecule has 1 N–H and O–H groups in total. The number of imide groups is 1. The van der Waals surface area contributed by atoms with Crippen molar-refractivity contribution in [2.75, 3.05) is 6.54 Å². The highest BCUT2D eigenvalue weighted by Crippen LogP contribution is 2.31. The van der Waals surface area contributed by atoms with Crippen LogP contribution in [0.4, 0.5) is 4.79 Å². The molecule has 6 nitrogen and oxygen atoms in total. The van der Waals surface area contributed by atoms with E-state index in [4.69, 9.17) is 0 Å². The molecule has 2 aliphatic heterocycles. The summed E-state index contributed by atoms with van der Waals surface area (Å²) in [5.41, 5.74) is -0.486. The first kappa shape index (κ1) is 18.9. The molecule has 4 amide bonds. The summed E-state index contributed by atoms with van der Waals surface area (Å²) in [4.78, 5) is 41.1. The number of nitrogens with zero attached hydrogens (tertiary/aromatic N) is 2. The van der Waals surface area contributed by atoms with Crippen molar-refractivity contribution in [3.63, 3.8) is 0 Å². The van der Waals surface area contributed by atoms with Gasteiger partial charge in [0.15, 0.2) is 0 Å². The van der Waals surface area contributed by atoms with E-state index in [1.165, 1.54) is 0 Å². The van der Waals surface area contributed by atoms with Crippen molar-refractivity contribution < 1.29 is 14.4 Å². The number of nitrogens with one attached hydrogen (secondary N) is 1. The molecule has 0 radical (unpaired) electrons. The molecule has 0 aliphatic carbocycles. The van der Waals surface area contributed by atoms with Crippen LogP contribution in [0.15, 0.2) is 28.7 Å². The highest BCUT2D eigenvalue weighted by atomic mass is 79.9. The first-order valence-electron chi connectivity index (χ1n) is 8.95. The molecule has 2 saturated heterocycles. The minimum atomic E-state index is -1.17. The van der Waals surface area contributed by atoms with Crippen molar-refractivity contribution in [1.82, 2.24) is 15.1 Å². The molecule has 3 unspecified atom stereocenters. The Morgan fingerprint density at radius 3 is 2.54 bits per heavy atom. The van der Waals surface area contributed by atoms with Crippen LogP contribution in [-0.4, -0.2) is 46.3 Å². The third-order valence-electron chi connectivity index (χ3n) is 5.45. The van der Waals surface area contributed by atoms with Gasteiger partial charge >= 0.3 is 6.03 Å². The van der Waals surface area contributed by atoms with E-state index in [2.05, 4.69) is 21.2 Å². The molecule has 1 aromatic rings. The zero-order chi connectivity index (χ0) is 19.1. The minimum absolute atomic E-state index is 0.128. The van der Waals surface area contributed by atoms with E-state index in [-0.39, 0.29) is 24.5 Å². The first-order chi connectivity index (χ1) is 12.2. The predicted octanol–water partition coefficient (Wildman–Crippen LogP) is 3.01. The van der Waals surface area contributed by atoms with E-state index in [1.807, 2.05) is 30.9 Å². The van der Waals surface area contributed by atoms with Crippen LogP contribution >= 0.6 is 15.9 Å². The molecule has 0 spiro atoms. The van der Waals surface area contributed by atoms with Crippen LogP contribution in [-0.2, 0) is 15.1 Å². The van der Waals surface area contributed by atoms with E-state index >= 15 is 0 Å². The Bertz CT molecular complexity index is 743. The molecule has 1 aromatic carbocycles. The van der Waals surface area contributed by atoms with Crippen LogP contribution in [0.5, 0.6) is 0 Å². The van der Waals surface area contributed by atoms with Gasteiger partial charge in [0, 0.05) is 16.6 Å². The van der Waals surface area contributed by atoms with Gasteiger partial charge in [0.1, 0.15) is 12.1 Å². The number of likely N-dealkylation sites (tertiary alicyclic amines) is 1. The van der Waals surface area contributed by atoms with E-state index in [9.17, 15) is 14.4 Å². The third-order valence-corrected chi connectivity index (χ3v) is 5.95. The second kappa shape index (κ2) is 7.02. The minimum Gasteiger partial charge on any atom is -0.336 e. The van der Waals surface area contributed by atoms with E-state index < -0.39 is 17.5 Å². The van der Waals surface area contributed by atoms with Gasteiger partial charge in [-0.15, -0.1) is 0 Å². The highest BCUT2D eigenvalue weighted by Gasteiger charge is 2.50. The number of amides is 4. The van der Waals surface area contributed by atoms with E-state index in [1.54, 1.807) is 19.1 Å². The zero-order valence-electron chi connectivity index (χ0n) is 15.3. The third kappa shape index (κ3) is 3.24. The van der Waals surface area contributed by atoms with Gasteiger partial charge in [-0.2, -0.15) is 0 Å². The van der Waals surface area contributed by atoms with E-state index in [0.29, 0.717) is 5.56 Å². The fourth-order valence-corrected chi connectivity index (χ4v) is 4.36. The number of hydrogen-bond acceptors (Lipinski definition) is 3. The lowest BCUT2D eigenvalue weighted by Crippen LogP contribution is -2.52. The number of hydrogen-bond donors (Lipinski definition) is 1. The summed E-state index contributed by atoms with van der Waals surface area (Å²) in [6, 6.07) is 7.00. The summed E-state index contributed by atoms with van der Waals surface area (Å²) >= 11 is 3.39. The summed E-state index contributed by atoms with van der Waals surface area (Å²) in [5.74, 6) is -0.571. The maximum absolute atomic E-state index is 13.0. The second-order valence-corrected chi connectivity index (χ2v) is 8.30. The Kier molecular flexibility index (Phi) is 5.10. The number of urea groups is 1. The van der Waals surface area contributed by atoms with Crippen LogP contribution in [0, 0.1) is 0 Å². The van der Waals surface area contributed by atoms with Gasteiger partial charge in [0.05, 0.1) is 0 Å². The summed E-state index contributed by atoms with van der Waals surface area (Å²) in [7, 11) is 0. The summed E-state index contributed by atoms with van der Waals surface area (Å²) in [6.07, 6.45) is 2.99. The van der Waals surface area contributed by atoms with Crippen molar-refractivity contribution in [3.8, 4) is 0 Å². The Balaban J connectivity index is 1.80. The fourth-order valence-electron chi connectivity index (χ4n) is 3.97. The zero-order valence-corrected chi connectivity index (χ0v) is 16.9. The second-order valence-electron chi connectivity index (χ2n) is 7.39. The van der Waals surface area contributed by atoms with Crippen molar-refractivity contribution in [2.24, 2.45) is 0 Å². The Hall–Kier alpha value is -1.89. The molecule has 0 saturated carbocycles. The quantitative estimate of drug-likeness (QED) is 0.762. The molecule has 0 aromatic heterocycles. The monoisotopic (exact) mass is 421 g/mol. The Morgan fingerprint density at radius 2 is 1.92 bits per heavy atom. The molecule has 2 aliphatic rings. The Morgan fingerprint density at radius 1 is 1.27 bits per heavy atom. The van der Waals surface area contributed by atoms with Gasteiger partial charge in [0.25, 0.3) is 5.91 Å². The lowest BCUT2D eigenvalue weighted by molar-refractivity contribution is -0.142. The predicted molar refractivity (Wildman–Crippen MR) is 101 cm³/mol. The van der Waals surface area contributed by atoms with Gasteiger partial charge < -0.3 is 10.2 Å². The fraction of sp³-hybridized carbons (Fsp3) is 0.526. The van der Waals surface area contributed by atoms with Crippen LogP contribution in [0.1, 0.15) is 45.6 Å². The maximum Gasteiger partial charge on any atom is 0.325 e. The number of rotatable bonds is 3. The SMILES string of the molecule is CC1CCCC(C)N1C(=O)CN1C(=O)NC(C)(c2cccc(Br)c2)C1=O. The summed E-state index contributed by atoms with van der Waals surface area (Å²) < 4.78 is 0.823. The molecule has 140 valence electrons. The van der Waals surface area contributed by atoms with Crippen molar-refractivity contribution in [1.29, 1.82) is 0 Å². The first-order valence-corrected chi connectivity index (χ1v) is 9.74. The number of halogens is 1. The molecule has 0 bridgehead atoms. The molecule has 3 rings (SSSR count). The van der Waals surface area contributed by atoms with Gasteiger partial charge in [-0.3, -0.25) is 14.5 Å². The van der Waals surface area contributed by atoms with Crippen LogP contribution in [0.25, 0.3) is 0 Å². The van der Waals surface area contributed by atoms with Crippen LogP contribution in [0.2, 0.25) is 0 Å². The normalized spacial score (nSPS) is 29.1. The number of piperidine rings is 1. The number of carbonyl (C=O) groups excluding carboxylic acids is 3. The molecular weight excluding hydrogens is 398 g/mol. The lowest BCUT2D eigenvalue weighted by Gasteiger charge is -2.39. The standard InChI is InChI=1S/C19H24BrN3O3/c1-12-6-4-7-13(2)23(12)16(24)11-22-17(25)19(3,21-18(22)26)14-8-5-9-15(20)10-14/h5,8-10,12-13H,4,6-7,11H2,1-3H3,(H,21,26). The van der Waals surface area contributed by atoms with Gasteiger partial charge in [0.2, 0.25) is 5.91 Å². The topological polar surface area (TPSA) is 69.7 Å². The van der Waals surface area contributed by atoms with Gasteiger partial charge in [-0.1, -0.05) is 28.1 Å². The molecule has 2 fully saturated rings. The average Bonchev–Trinajstić information content (AvgIpc) is 2.79. The molecule has 2 heterocycles.